The molecule has 0 radical (unpaired) electrons. The molecular formula is C15H18N2OS. The molecule has 1 N–H and O–H groups in total. The van der Waals surface area contributed by atoms with Gasteiger partial charge in [-0.1, -0.05) is 18.7 Å². The number of aryl methyl sites for hydroxylation is 2. The smallest absolute Gasteiger partial charge is 0.101 e. The van der Waals surface area contributed by atoms with Crippen LogP contribution in [0.1, 0.15) is 36.4 Å². The Kier molecular flexibility index (Phi) is 4.56. The minimum atomic E-state index is -0.474. The first-order valence-electron chi connectivity index (χ1n) is 6.35. The van der Waals surface area contributed by atoms with Crippen molar-refractivity contribution >= 4 is 11.8 Å². The second-order valence-corrected chi connectivity index (χ2v) is 5.66. The number of pyridine rings is 2. The Morgan fingerprint density at radius 2 is 2.05 bits per heavy atom. The largest absolute Gasteiger partial charge is 0.387 e. The summed E-state index contributed by atoms with van der Waals surface area (Å²) in [6, 6.07) is 7.97. The molecule has 2 heterocycles. The molecule has 2 aromatic rings. The number of nitrogens with zero attached hydrogens (tertiary/aromatic N) is 2. The lowest BCUT2D eigenvalue weighted by atomic mass is 10.2. The minimum absolute atomic E-state index is 0.474. The van der Waals surface area contributed by atoms with Crippen molar-refractivity contribution in [1.82, 2.24) is 9.97 Å². The molecule has 0 saturated carbocycles. The molecule has 100 valence electrons. The van der Waals surface area contributed by atoms with Crippen LogP contribution in [0.3, 0.4) is 0 Å². The summed E-state index contributed by atoms with van der Waals surface area (Å²) in [6.45, 7) is 6.00. The Balaban J connectivity index is 2.15. The van der Waals surface area contributed by atoms with Crippen LogP contribution in [-0.4, -0.2) is 15.1 Å². The Morgan fingerprint density at radius 3 is 2.63 bits per heavy atom. The van der Waals surface area contributed by atoms with Crippen molar-refractivity contribution in [2.45, 2.75) is 43.2 Å². The van der Waals surface area contributed by atoms with Gasteiger partial charge in [0.1, 0.15) is 5.03 Å². The molecule has 0 saturated heterocycles. The van der Waals surface area contributed by atoms with Crippen molar-refractivity contribution in [3.05, 3.63) is 47.4 Å². The zero-order valence-electron chi connectivity index (χ0n) is 11.4. The third-order valence-electron chi connectivity index (χ3n) is 2.78. The summed E-state index contributed by atoms with van der Waals surface area (Å²) in [7, 11) is 0. The van der Waals surface area contributed by atoms with E-state index in [-0.39, 0.29) is 0 Å². The molecule has 3 nitrogen and oxygen atoms in total. The van der Waals surface area contributed by atoms with E-state index in [1.165, 1.54) is 5.56 Å². The standard InChI is InChI=1S/C15H18N2OS/c1-4-14(18)13-6-5-12(9-16-13)19-15-8-10(2)7-11(3)17-15/h5-9,14,18H,4H2,1-3H3/t14-/m0/s1. The van der Waals surface area contributed by atoms with Gasteiger partial charge in [0, 0.05) is 16.8 Å². The zero-order valence-corrected chi connectivity index (χ0v) is 12.2. The lowest BCUT2D eigenvalue weighted by Crippen LogP contribution is -1.98. The summed E-state index contributed by atoms with van der Waals surface area (Å²) < 4.78 is 0. The molecule has 0 aliphatic carbocycles. The second-order valence-electron chi connectivity index (χ2n) is 4.57. The molecular weight excluding hydrogens is 256 g/mol. The van der Waals surface area contributed by atoms with Crippen LogP contribution in [0.15, 0.2) is 40.4 Å². The van der Waals surface area contributed by atoms with E-state index in [1.807, 2.05) is 26.0 Å². The van der Waals surface area contributed by atoms with Gasteiger partial charge in [-0.15, -0.1) is 0 Å². The fraction of sp³-hybridized carbons (Fsp3) is 0.333. The molecule has 2 rings (SSSR count). The third kappa shape index (κ3) is 3.78. The first kappa shape index (κ1) is 14.0. The topological polar surface area (TPSA) is 46.0 Å². The van der Waals surface area contributed by atoms with Crippen molar-refractivity contribution < 1.29 is 5.11 Å². The van der Waals surface area contributed by atoms with Crippen LogP contribution in [0.5, 0.6) is 0 Å². The van der Waals surface area contributed by atoms with Crippen LogP contribution >= 0.6 is 11.8 Å². The van der Waals surface area contributed by atoms with Gasteiger partial charge in [-0.25, -0.2) is 4.98 Å². The molecule has 0 amide bonds. The summed E-state index contributed by atoms with van der Waals surface area (Å²) in [4.78, 5) is 9.81. The van der Waals surface area contributed by atoms with Crippen LogP contribution in [0, 0.1) is 13.8 Å². The van der Waals surface area contributed by atoms with Crippen molar-refractivity contribution in [3.63, 3.8) is 0 Å². The fourth-order valence-corrected chi connectivity index (χ4v) is 2.75. The normalized spacial score (nSPS) is 12.4. The van der Waals surface area contributed by atoms with E-state index in [4.69, 9.17) is 0 Å². The molecule has 0 aliphatic rings. The number of aromatic nitrogens is 2. The highest BCUT2D eigenvalue weighted by Crippen LogP contribution is 2.27. The Hall–Kier alpha value is -1.39. The fourth-order valence-electron chi connectivity index (χ4n) is 1.84. The van der Waals surface area contributed by atoms with Crippen molar-refractivity contribution in [1.29, 1.82) is 0 Å². The molecule has 0 bridgehead atoms. The monoisotopic (exact) mass is 274 g/mol. The Bertz CT molecular complexity index is 534. The van der Waals surface area contributed by atoms with Crippen LogP contribution in [-0.2, 0) is 0 Å². The summed E-state index contributed by atoms with van der Waals surface area (Å²) in [5, 5.41) is 10.7. The maximum absolute atomic E-state index is 9.70. The number of hydrogen-bond acceptors (Lipinski definition) is 4. The van der Waals surface area contributed by atoms with E-state index in [9.17, 15) is 5.11 Å². The van der Waals surface area contributed by atoms with Gasteiger partial charge in [0.15, 0.2) is 0 Å². The van der Waals surface area contributed by atoms with Gasteiger partial charge in [0.05, 0.1) is 11.8 Å². The van der Waals surface area contributed by atoms with E-state index in [1.54, 1.807) is 18.0 Å². The van der Waals surface area contributed by atoms with Crippen molar-refractivity contribution in [3.8, 4) is 0 Å². The highest BCUT2D eigenvalue weighted by Gasteiger charge is 2.07. The highest BCUT2D eigenvalue weighted by molar-refractivity contribution is 7.99. The van der Waals surface area contributed by atoms with Crippen LogP contribution in [0.4, 0.5) is 0 Å². The molecule has 1 atom stereocenters. The molecule has 0 aliphatic heterocycles. The summed E-state index contributed by atoms with van der Waals surface area (Å²) in [5.41, 5.74) is 2.95. The molecule has 19 heavy (non-hydrogen) atoms. The van der Waals surface area contributed by atoms with E-state index < -0.39 is 6.10 Å². The minimum Gasteiger partial charge on any atom is -0.387 e. The average Bonchev–Trinajstić information content (AvgIpc) is 2.37. The molecule has 0 spiro atoms. The van der Waals surface area contributed by atoms with Gasteiger partial charge in [0.2, 0.25) is 0 Å². The van der Waals surface area contributed by atoms with Gasteiger partial charge >= 0.3 is 0 Å². The molecule has 4 heteroatoms. The number of aliphatic hydroxyl groups excluding tert-OH is 1. The van der Waals surface area contributed by atoms with Gasteiger partial charge in [0.25, 0.3) is 0 Å². The highest BCUT2D eigenvalue weighted by atomic mass is 32.2. The lowest BCUT2D eigenvalue weighted by Gasteiger charge is -2.08. The second kappa shape index (κ2) is 6.17. The van der Waals surface area contributed by atoms with Gasteiger partial charge in [-0.3, -0.25) is 4.98 Å². The third-order valence-corrected chi connectivity index (χ3v) is 3.68. The SMILES string of the molecule is CC[C@H](O)c1ccc(Sc2cc(C)cc(C)n2)cn1. The quantitative estimate of drug-likeness (QED) is 0.923. The van der Waals surface area contributed by atoms with Gasteiger partial charge in [-0.2, -0.15) is 0 Å². The summed E-state index contributed by atoms with van der Waals surface area (Å²) >= 11 is 1.59. The Morgan fingerprint density at radius 1 is 1.26 bits per heavy atom. The van der Waals surface area contributed by atoms with Gasteiger partial charge < -0.3 is 5.11 Å². The van der Waals surface area contributed by atoms with E-state index in [2.05, 4.69) is 29.0 Å². The summed E-state index contributed by atoms with van der Waals surface area (Å²) in [5.74, 6) is 0. The number of aliphatic hydroxyl groups is 1. The molecule has 0 unspecified atom stereocenters. The molecule has 2 aromatic heterocycles. The first-order valence-corrected chi connectivity index (χ1v) is 7.17. The lowest BCUT2D eigenvalue weighted by molar-refractivity contribution is 0.169. The maximum atomic E-state index is 9.70. The van der Waals surface area contributed by atoms with E-state index in [0.717, 1.165) is 21.3 Å². The first-order chi connectivity index (χ1) is 9.08. The summed E-state index contributed by atoms with van der Waals surface area (Å²) in [6.07, 6.45) is 1.99. The van der Waals surface area contributed by atoms with Gasteiger partial charge in [-0.05, 0) is 50.1 Å². The predicted molar refractivity (Wildman–Crippen MR) is 77.3 cm³/mol. The maximum Gasteiger partial charge on any atom is 0.101 e. The zero-order chi connectivity index (χ0) is 13.8. The van der Waals surface area contributed by atoms with Crippen LogP contribution in [0.25, 0.3) is 0 Å². The van der Waals surface area contributed by atoms with Crippen LogP contribution in [0.2, 0.25) is 0 Å². The number of rotatable bonds is 4. The number of hydrogen-bond donors (Lipinski definition) is 1. The van der Waals surface area contributed by atoms with E-state index >= 15 is 0 Å². The Labute approximate surface area is 118 Å². The van der Waals surface area contributed by atoms with Crippen LogP contribution < -0.4 is 0 Å². The molecule has 0 fully saturated rings. The van der Waals surface area contributed by atoms with E-state index in [0.29, 0.717) is 6.42 Å². The molecule has 0 aromatic carbocycles. The average molecular weight is 274 g/mol. The predicted octanol–water partition coefficient (Wildman–Crippen LogP) is 3.69. The van der Waals surface area contributed by atoms with Crippen molar-refractivity contribution in [2.75, 3.05) is 0 Å². The van der Waals surface area contributed by atoms with Crippen molar-refractivity contribution in [2.24, 2.45) is 0 Å².